The van der Waals surface area contributed by atoms with E-state index in [2.05, 4.69) is 9.97 Å². The molecule has 0 unspecified atom stereocenters. The molecule has 0 aliphatic carbocycles. The quantitative estimate of drug-likeness (QED) is 0.715. The number of aromatic amines is 1. The molecule has 0 spiro atoms. The lowest BCUT2D eigenvalue weighted by Gasteiger charge is -2.04. The maximum absolute atomic E-state index is 11.4. The molecule has 0 saturated heterocycles. The number of hydrogen-bond acceptors (Lipinski definition) is 4. The molecule has 1 aromatic carbocycles. The van der Waals surface area contributed by atoms with Crippen LogP contribution in [0.15, 0.2) is 35.1 Å². The average Bonchev–Trinajstić information content (AvgIpc) is 2.34. The third kappa shape index (κ3) is 2.37. The lowest BCUT2D eigenvalue weighted by atomic mass is 10.1. The molecular weight excluding hydrogens is 234 g/mol. The molecule has 18 heavy (non-hydrogen) atoms. The van der Waals surface area contributed by atoms with Crippen LogP contribution in [0.3, 0.4) is 0 Å². The minimum Gasteiger partial charge on any atom is -0.501 e. The highest BCUT2D eigenvalue weighted by Gasteiger charge is 2.14. The summed E-state index contributed by atoms with van der Waals surface area (Å²) in [6, 6.07) is 9.28. The number of nitrogens with one attached hydrogen (secondary N) is 1. The van der Waals surface area contributed by atoms with Crippen molar-refractivity contribution in [2.24, 2.45) is 5.73 Å². The number of amides is 1. The number of benzene rings is 1. The van der Waals surface area contributed by atoms with Crippen LogP contribution in [0.4, 0.5) is 0 Å². The van der Waals surface area contributed by atoms with Crippen molar-refractivity contribution >= 4 is 5.91 Å². The molecule has 1 heterocycles. The van der Waals surface area contributed by atoms with Gasteiger partial charge in [0.05, 0.1) is 0 Å². The van der Waals surface area contributed by atoms with Gasteiger partial charge in [-0.3, -0.25) is 9.59 Å². The number of H-pyrrole nitrogens is 1. The number of nitrogens with zero attached hydrogens (tertiary/aromatic N) is 1. The predicted octanol–water partition coefficient (Wildman–Crippen LogP) is 0.165. The SMILES string of the molecule is NC(=O)c1nc(Cc2ccccc2)[nH]c(=O)c1O. The summed E-state index contributed by atoms with van der Waals surface area (Å²) in [6.45, 7) is 0. The standard InChI is InChI=1S/C12H11N3O3/c13-11(17)9-10(16)12(18)15-8(14-9)6-7-4-2-1-3-5-7/h1-5,16H,6H2,(H2,13,17)(H,14,15,18). The summed E-state index contributed by atoms with van der Waals surface area (Å²) in [4.78, 5) is 28.7. The molecule has 0 fully saturated rings. The predicted molar refractivity (Wildman–Crippen MR) is 64.3 cm³/mol. The van der Waals surface area contributed by atoms with Crippen molar-refractivity contribution in [1.82, 2.24) is 9.97 Å². The Morgan fingerprint density at radius 3 is 2.61 bits per heavy atom. The fraction of sp³-hybridized carbons (Fsp3) is 0.0833. The van der Waals surface area contributed by atoms with Crippen LogP contribution in [-0.4, -0.2) is 21.0 Å². The number of hydrogen-bond donors (Lipinski definition) is 3. The number of rotatable bonds is 3. The first-order valence-electron chi connectivity index (χ1n) is 5.24. The third-order valence-corrected chi connectivity index (χ3v) is 2.39. The molecule has 1 aromatic heterocycles. The molecule has 6 nitrogen and oxygen atoms in total. The van der Waals surface area contributed by atoms with Crippen molar-refractivity contribution in [3.05, 3.63) is 57.8 Å². The van der Waals surface area contributed by atoms with Crippen LogP contribution in [0.1, 0.15) is 21.9 Å². The fourth-order valence-electron chi connectivity index (χ4n) is 1.56. The van der Waals surface area contributed by atoms with Gasteiger partial charge < -0.3 is 15.8 Å². The smallest absolute Gasteiger partial charge is 0.293 e. The van der Waals surface area contributed by atoms with Crippen LogP contribution in [0.2, 0.25) is 0 Å². The van der Waals surface area contributed by atoms with Crippen molar-refractivity contribution in [3.8, 4) is 5.75 Å². The highest BCUT2D eigenvalue weighted by atomic mass is 16.3. The lowest BCUT2D eigenvalue weighted by Crippen LogP contribution is -2.21. The van der Waals surface area contributed by atoms with Gasteiger partial charge in [-0.25, -0.2) is 4.98 Å². The van der Waals surface area contributed by atoms with E-state index in [0.717, 1.165) is 5.56 Å². The van der Waals surface area contributed by atoms with Gasteiger partial charge in [0.2, 0.25) is 5.75 Å². The molecule has 6 heteroatoms. The Bertz CT molecular complexity index is 635. The molecule has 0 aliphatic rings. The summed E-state index contributed by atoms with van der Waals surface area (Å²) < 4.78 is 0. The molecule has 0 radical (unpaired) electrons. The zero-order valence-electron chi connectivity index (χ0n) is 9.38. The number of aromatic hydroxyl groups is 1. The topological polar surface area (TPSA) is 109 Å². The van der Waals surface area contributed by atoms with E-state index in [1.165, 1.54) is 0 Å². The largest absolute Gasteiger partial charge is 0.501 e. The Morgan fingerprint density at radius 1 is 1.33 bits per heavy atom. The van der Waals surface area contributed by atoms with Crippen molar-refractivity contribution in [2.45, 2.75) is 6.42 Å². The van der Waals surface area contributed by atoms with Crippen molar-refractivity contribution in [2.75, 3.05) is 0 Å². The van der Waals surface area contributed by atoms with Gasteiger partial charge in [-0.1, -0.05) is 30.3 Å². The van der Waals surface area contributed by atoms with Crippen LogP contribution in [0.5, 0.6) is 5.75 Å². The van der Waals surface area contributed by atoms with Crippen LogP contribution < -0.4 is 11.3 Å². The van der Waals surface area contributed by atoms with E-state index in [-0.39, 0.29) is 5.82 Å². The first kappa shape index (κ1) is 11.8. The second-order valence-electron chi connectivity index (χ2n) is 3.74. The molecule has 0 saturated carbocycles. The summed E-state index contributed by atoms with van der Waals surface area (Å²) in [6.07, 6.45) is 0.344. The summed E-state index contributed by atoms with van der Waals surface area (Å²) in [5.41, 5.74) is 4.76. The molecule has 4 N–H and O–H groups in total. The van der Waals surface area contributed by atoms with Gasteiger partial charge in [0.15, 0.2) is 5.69 Å². The van der Waals surface area contributed by atoms with Gasteiger partial charge in [-0.05, 0) is 5.56 Å². The minimum absolute atomic E-state index is 0.276. The van der Waals surface area contributed by atoms with E-state index in [1.807, 2.05) is 30.3 Å². The molecule has 2 rings (SSSR count). The first-order chi connectivity index (χ1) is 8.58. The second-order valence-corrected chi connectivity index (χ2v) is 3.74. The Morgan fingerprint density at radius 2 is 2.00 bits per heavy atom. The van der Waals surface area contributed by atoms with E-state index in [9.17, 15) is 14.7 Å². The number of primary amides is 1. The van der Waals surface area contributed by atoms with E-state index < -0.39 is 22.9 Å². The van der Waals surface area contributed by atoms with Gasteiger partial charge in [-0.2, -0.15) is 0 Å². The summed E-state index contributed by atoms with van der Waals surface area (Å²) in [5.74, 6) is -1.41. The zero-order valence-corrected chi connectivity index (χ0v) is 9.38. The molecule has 92 valence electrons. The molecule has 1 amide bonds. The Kier molecular flexibility index (Phi) is 3.09. The number of nitrogens with two attached hydrogens (primary N) is 1. The monoisotopic (exact) mass is 245 g/mol. The number of carbonyl (C=O) groups excluding carboxylic acids is 1. The van der Waals surface area contributed by atoms with Crippen molar-refractivity contribution in [3.63, 3.8) is 0 Å². The molecular formula is C12H11N3O3. The van der Waals surface area contributed by atoms with E-state index >= 15 is 0 Å². The highest BCUT2D eigenvalue weighted by Crippen LogP contribution is 2.09. The van der Waals surface area contributed by atoms with Crippen LogP contribution in [-0.2, 0) is 6.42 Å². The summed E-state index contributed by atoms with van der Waals surface area (Å²) in [5, 5.41) is 9.35. The van der Waals surface area contributed by atoms with Gasteiger partial charge in [-0.15, -0.1) is 0 Å². The van der Waals surface area contributed by atoms with Crippen LogP contribution in [0, 0.1) is 0 Å². The molecule has 0 atom stereocenters. The third-order valence-electron chi connectivity index (χ3n) is 2.39. The second kappa shape index (κ2) is 4.70. The zero-order chi connectivity index (χ0) is 13.1. The molecule has 0 aliphatic heterocycles. The van der Waals surface area contributed by atoms with E-state index in [4.69, 9.17) is 5.73 Å². The summed E-state index contributed by atoms with van der Waals surface area (Å²) >= 11 is 0. The normalized spacial score (nSPS) is 10.2. The van der Waals surface area contributed by atoms with Gasteiger partial charge in [0.1, 0.15) is 5.82 Å². The Hall–Kier alpha value is -2.63. The summed E-state index contributed by atoms with van der Waals surface area (Å²) in [7, 11) is 0. The Balaban J connectivity index is 2.41. The van der Waals surface area contributed by atoms with E-state index in [0.29, 0.717) is 6.42 Å². The van der Waals surface area contributed by atoms with Gasteiger partial charge >= 0.3 is 0 Å². The van der Waals surface area contributed by atoms with Crippen LogP contribution >= 0.6 is 0 Å². The lowest BCUT2D eigenvalue weighted by molar-refractivity contribution is 0.0992. The maximum Gasteiger partial charge on any atom is 0.293 e. The maximum atomic E-state index is 11.4. The highest BCUT2D eigenvalue weighted by molar-refractivity contribution is 5.93. The van der Waals surface area contributed by atoms with Crippen molar-refractivity contribution in [1.29, 1.82) is 0 Å². The Labute approximate surface area is 102 Å². The number of aromatic nitrogens is 2. The van der Waals surface area contributed by atoms with Gasteiger partial charge in [0, 0.05) is 6.42 Å². The fourth-order valence-corrected chi connectivity index (χ4v) is 1.56. The molecule has 2 aromatic rings. The first-order valence-corrected chi connectivity index (χ1v) is 5.24. The van der Waals surface area contributed by atoms with Crippen molar-refractivity contribution < 1.29 is 9.90 Å². The molecule has 0 bridgehead atoms. The minimum atomic E-state index is -0.937. The number of carbonyl (C=O) groups is 1. The average molecular weight is 245 g/mol. The van der Waals surface area contributed by atoms with Crippen LogP contribution in [0.25, 0.3) is 0 Å². The van der Waals surface area contributed by atoms with Gasteiger partial charge in [0.25, 0.3) is 11.5 Å². The van der Waals surface area contributed by atoms with E-state index in [1.54, 1.807) is 0 Å².